The van der Waals surface area contributed by atoms with Crippen LogP contribution in [0.2, 0.25) is 0 Å². The molecule has 2 unspecified atom stereocenters. The molecule has 0 aromatic heterocycles. The van der Waals surface area contributed by atoms with Gasteiger partial charge >= 0.3 is 0 Å². The number of Topliss-reactive ketones (excluding diaryl/α,β-unsaturated/α-hetero) is 1. The quantitative estimate of drug-likeness (QED) is 0.214. The predicted molar refractivity (Wildman–Crippen MR) is 118 cm³/mol. The standard InChI is InChI=1S/C22H42FNO8/c1-4-5-19(2)22(26)24-16-21(23)18-32-15-13-30-11-9-28-7-6-27-8-10-29-12-14-31-17-20(3)25/h19,21H,4-18H2,1-3H3,(H,24,26). The molecule has 1 N–H and O–H groups in total. The van der Waals surface area contributed by atoms with Crippen LogP contribution in [-0.2, 0) is 38.0 Å². The molecule has 10 heteroatoms. The summed E-state index contributed by atoms with van der Waals surface area (Å²) in [6, 6.07) is 0. The van der Waals surface area contributed by atoms with E-state index in [1.807, 2.05) is 13.8 Å². The fourth-order valence-corrected chi connectivity index (χ4v) is 2.43. The molecule has 0 heterocycles. The van der Waals surface area contributed by atoms with E-state index in [2.05, 4.69) is 5.32 Å². The maximum absolute atomic E-state index is 13.7. The number of ketones is 1. The van der Waals surface area contributed by atoms with Crippen molar-refractivity contribution in [2.24, 2.45) is 5.92 Å². The van der Waals surface area contributed by atoms with E-state index in [9.17, 15) is 14.0 Å². The molecule has 0 rings (SSSR count). The Hall–Kier alpha value is -1.17. The number of hydrogen-bond acceptors (Lipinski definition) is 8. The van der Waals surface area contributed by atoms with Crippen LogP contribution in [0.25, 0.3) is 0 Å². The Bertz CT molecular complexity index is 456. The Kier molecular flexibility index (Phi) is 22.2. The van der Waals surface area contributed by atoms with Crippen LogP contribution in [0.3, 0.4) is 0 Å². The number of carbonyl (C=O) groups is 2. The maximum atomic E-state index is 13.7. The number of alkyl halides is 1. The second kappa shape index (κ2) is 23.0. The zero-order valence-electron chi connectivity index (χ0n) is 19.9. The van der Waals surface area contributed by atoms with E-state index in [0.717, 1.165) is 12.8 Å². The highest BCUT2D eigenvalue weighted by Gasteiger charge is 2.14. The van der Waals surface area contributed by atoms with Crippen LogP contribution in [0.15, 0.2) is 0 Å². The molecule has 0 aliphatic rings. The first-order valence-corrected chi connectivity index (χ1v) is 11.3. The normalized spacial score (nSPS) is 13.1. The molecular formula is C22H42FNO8. The molecule has 32 heavy (non-hydrogen) atoms. The second-order valence-corrected chi connectivity index (χ2v) is 7.31. The predicted octanol–water partition coefficient (Wildman–Crippen LogP) is 1.57. The molecule has 0 aliphatic carbocycles. The van der Waals surface area contributed by atoms with Crippen molar-refractivity contribution in [1.82, 2.24) is 5.32 Å². The monoisotopic (exact) mass is 467 g/mol. The number of halogens is 1. The van der Waals surface area contributed by atoms with Crippen molar-refractivity contribution in [3.05, 3.63) is 0 Å². The zero-order chi connectivity index (χ0) is 23.9. The van der Waals surface area contributed by atoms with E-state index in [0.29, 0.717) is 59.5 Å². The van der Waals surface area contributed by atoms with Crippen molar-refractivity contribution in [3.8, 4) is 0 Å². The third-order valence-corrected chi connectivity index (χ3v) is 4.13. The number of rotatable bonds is 24. The van der Waals surface area contributed by atoms with Crippen LogP contribution in [0.4, 0.5) is 4.39 Å². The molecule has 0 fully saturated rings. The van der Waals surface area contributed by atoms with Crippen molar-refractivity contribution >= 4 is 11.7 Å². The molecule has 0 aromatic carbocycles. The minimum atomic E-state index is -1.23. The molecule has 0 spiro atoms. The van der Waals surface area contributed by atoms with Gasteiger partial charge < -0.3 is 33.7 Å². The summed E-state index contributed by atoms with van der Waals surface area (Å²) in [6.07, 6.45) is 0.484. The van der Waals surface area contributed by atoms with Crippen molar-refractivity contribution in [2.45, 2.75) is 39.8 Å². The lowest BCUT2D eigenvalue weighted by atomic mass is 10.1. The van der Waals surface area contributed by atoms with Gasteiger partial charge in [0.05, 0.1) is 79.2 Å². The highest BCUT2D eigenvalue weighted by Crippen LogP contribution is 2.04. The molecule has 190 valence electrons. The fourth-order valence-electron chi connectivity index (χ4n) is 2.43. The van der Waals surface area contributed by atoms with Crippen molar-refractivity contribution in [2.75, 3.05) is 85.8 Å². The Morgan fingerprint density at radius 3 is 1.66 bits per heavy atom. The summed E-state index contributed by atoms with van der Waals surface area (Å²) >= 11 is 0. The van der Waals surface area contributed by atoms with E-state index >= 15 is 0 Å². The summed E-state index contributed by atoms with van der Waals surface area (Å²) in [5, 5.41) is 2.60. The van der Waals surface area contributed by atoms with Crippen LogP contribution < -0.4 is 5.32 Å². The van der Waals surface area contributed by atoms with Gasteiger partial charge in [0, 0.05) is 5.92 Å². The lowest BCUT2D eigenvalue weighted by Gasteiger charge is -2.14. The van der Waals surface area contributed by atoms with Crippen LogP contribution in [0.1, 0.15) is 33.6 Å². The molecule has 0 aromatic rings. The SMILES string of the molecule is CCCC(C)C(=O)NCC(F)COCCOCCOCCOCCOCCOCC(C)=O. The first-order valence-electron chi connectivity index (χ1n) is 11.3. The minimum absolute atomic E-state index is 0.00651. The van der Waals surface area contributed by atoms with Gasteiger partial charge in [-0.3, -0.25) is 9.59 Å². The van der Waals surface area contributed by atoms with E-state index in [4.69, 9.17) is 28.4 Å². The summed E-state index contributed by atoms with van der Waals surface area (Å²) in [7, 11) is 0. The van der Waals surface area contributed by atoms with Gasteiger partial charge in [0.25, 0.3) is 0 Å². The van der Waals surface area contributed by atoms with E-state index in [-0.39, 0.29) is 44.0 Å². The summed E-state index contributed by atoms with van der Waals surface area (Å²) in [5.41, 5.74) is 0. The lowest BCUT2D eigenvalue weighted by Crippen LogP contribution is -2.35. The molecular weight excluding hydrogens is 425 g/mol. The van der Waals surface area contributed by atoms with Gasteiger partial charge in [-0.05, 0) is 13.3 Å². The van der Waals surface area contributed by atoms with Crippen LogP contribution >= 0.6 is 0 Å². The van der Waals surface area contributed by atoms with Gasteiger partial charge in [-0.2, -0.15) is 0 Å². The van der Waals surface area contributed by atoms with E-state index in [1.54, 1.807) is 0 Å². The molecule has 0 bridgehead atoms. The second-order valence-electron chi connectivity index (χ2n) is 7.31. The maximum Gasteiger partial charge on any atom is 0.222 e. The third-order valence-electron chi connectivity index (χ3n) is 4.13. The Morgan fingerprint density at radius 2 is 1.22 bits per heavy atom. The molecule has 9 nitrogen and oxygen atoms in total. The summed E-state index contributed by atoms with van der Waals surface area (Å²) in [6.45, 7) is 9.44. The zero-order valence-corrected chi connectivity index (χ0v) is 19.9. The van der Waals surface area contributed by atoms with Crippen LogP contribution in [0.5, 0.6) is 0 Å². The lowest BCUT2D eigenvalue weighted by molar-refractivity contribution is -0.125. The highest BCUT2D eigenvalue weighted by atomic mass is 19.1. The van der Waals surface area contributed by atoms with Gasteiger partial charge in [0.15, 0.2) is 5.78 Å². The Balaban J connectivity index is 3.24. The third kappa shape index (κ3) is 22.0. The molecule has 2 atom stereocenters. The average Bonchev–Trinajstić information content (AvgIpc) is 2.76. The molecule has 0 radical (unpaired) electrons. The van der Waals surface area contributed by atoms with Crippen LogP contribution in [0, 0.1) is 5.92 Å². The van der Waals surface area contributed by atoms with Crippen LogP contribution in [-0.4, -0.2) is 104 Å². The van der Waals surface area contributed by atoms with Crippen molar-refractivity contribution in [1.29, 1.82) is 0 Å². The summed E-state index contributed by atoms with van der Waals surface area (Å²) in [5.74, 6) is -0.225. The van der Waals surface area contributed by atoms with Gasteiger partial charge in [-0.15, -0.1) is 0 Å². The number of hydrogen-bond donors (Lipinski definition) is 1. The smallest absolute Gasteiger partial charge is 0.222 e. The largest absolute Gasteiger partial charge is 0.377 e. The number of carbonyl (C=O) groups excluding carboxylic acids is 2. The Morgan fingerprint density at radius 1 is 0.781 bits per heavy atom. The first-order chi connectivity index (χ1) is 15.5. The van der Waals surface area contributed by atoms with Gasteiger partial charge in [0.2, 0.25) is 5.91 Å². The topological polar surface area (TPSA) is 102 Å². The van der Waals surface area contributed by atoms with Gasteiger partial charge in [-0.25, -0.2) is 4.39 Å². The average molecular weight is 468 g/mol. The fraction of sp³-hybridized carbons (Fsp3) is 0.909. The van der Waals surface area contributed by atoms with Crippen molar-refractivity contribution in [3.63, 3.8) is 0 Å². The number of ether oxygens (including phenoxy) is 6. The number of nitrogens with one attached hydrogen (secondary N) is 1. The summed E-state index contributed by atoms with van der Waals surface area (Å²) in [4.78, 5) is 22.4. The Labute approximate surface area is 191 Å². The van der Waals surface area contributed by atoms with Gasteiger partial charge in [-0.1, -0.05) is 20.3 Å². The number of amides is 1. The molecule has 0 saturated heterocycles. The first kappa shape index (κ1) is 30.8. The minimum Gasteiger partial charge on any atom is -0.377 e. The molecule has 0 saturated carbocycles. The van der Waals surface area contributed by atoms with Gasteiger partial charge in [0.1, 0.15) is 12.8 Å². The van der Waals surface area contributed by atoms with E-state index in [1.165, 1.54) is 6.92 Å². The molecule has 0 aliphatic heterocycles. The highest BCUT2D eigenvalue weighted by molar-refractivity contribution is 5.78. The van der Waals surface area contributed by atoms with E-state index < -0.39 is 6.17 Å². The van der Waals surface area contributed by atoms with Crippen molar-refractivity contribution < 1.29 is 42.4 Å². The summed E-state index contributed by atoms with van der Waals surface area (Å²) < 4.78 is 45.3. The molecule has 1 amide bonds.